The standard InChI is InChI=1S/C18H23N3O5/c1-4-10-20-16(23)17(24)21(18(20)25)12-15(22)19(3)11-13-6-8-14(9-7-13)26-5-2/h6-9H,4-5,10-12H2,1-3H3. The first-order valence-corrected chi connectivity index (χ1v) is 8.52. The van der Waals surface area contributed by atoms with E-state index in [9.17, 15) is 19.2 Å². The second kappa shape index (κ2) is 8.46. The van der Waals surface area contributed by atoms with Crippen molar-refractivity contribution in [3.63, 3.8) is 0 Å². The maximum atomic E-state index is 12.4. The maximum Gasteiger partial charge on any atom is 0.334 e. The van der Waals surface area contributed by atoms with Gasteiger partial charge in [-0.3, -0.25) is 19.3 Å². The summed E-state index contributed by atoms with van der Waals surface area (Å²) < 4.78 is 5.37. The smallest absolute Gasteiger partial charge is 0.334 e. The minimum absolute atomic E-state index is 0.163. The van der Waals surface area contributed by atoms with Gasteiger partial charge in [0.05, 0.1) is 6.61 Å². The van der Waals surface area contributed by atoms with Gasteiger partial charge >= 0.3 is 17.8 Å². The monoisotopic (exact) mass is 361 g/mol. The van der Waals surface area contributed by atoms with Gasteiger partial charge in [0.25, 0.3) is 0 Å². The quantitative estimate of drug-likeness (QED) is 0.514. The van der Waals surface area contributed by atoms with Crippen LogP contribution in [0.4, 0.5) is 4.79 Å². The Morgan fingerprint density at radius 2 is 1.65 bits per heavy atom. The fraction of sp³-hybridized carbons (Fsp3) is 0.444. The van der Waals surface area contributed by atoms with Gasteiger partial charge in [0.15, 0.2) is 0 Å². The topological polar surface area (TPSA) is 87.2 Å². The van der Waals surface area contributed by atoms with E-state index in [4.69, 9.17) is 4.74 Å². The van der Waals surface area contributed by atoms with Crippen molar-refractivity contribution >= 4 is 23.8 Å². The molecule has 0 atom stereocenters. The van der Waals surface area contributed by atoms with Gasteiger partial charge in [-0.15, -0.1) is 0 Å². The number of rotatable bonds is 8. The lowest BCUT2D eigenvalue weighted by atomic mass is 10.2. The maximum absolute atomic E-state index is 12.4. The van der Waals surface area contributed by atoms with Crippen LogP contribution in [0.25, 0.3) is 0 Å². The number of imide groups is 2. The summed E-state index contributed by atoms with van der Waals surface area (Å²) in [6.45, 7) is 4.29. The van der Waals surface area contributed by atoms with Crippen molar-refractivity contribution in [3.8, 4) is 5.75 Å². The molecule has 0 spiro atoms. The average molecular weight is 361 g/mol. The number of likely N-dealkylation sites (N-methyl/N-ethyl adjacent to an activating group) is 1. The number of urea groups is 1. The Morgan fingerprint density at radius 3 is 2.23 bits per heavy atom. The number of hydrogen-bond acceptors (Lipinski definition) is 5. The van der Waals surface area contributed by atoms with Gasteiger partial charge in [-0.05, 0) is 31.0 Å². The van der Waals surface area contributed by atoms with Crippen molar-refractivity contribution in [1.29, 1.82) is 0 Å². The van der Waals surface area contributed by atoms with Gasteiger partial charge in [0.1, 0.15) is 12.3 Å². The largest absolute Gasteiger partial charge is 0.494 e. The van der Waals surface area contributed by atoms with Crippen LogP contribution < -0.4 is 4.74 Å². The van der Waals surface area contributed by atoms with Crippen LogP contribution >= 0.6 is 0 Å². The van der Waals surface area contributed by atoms with Crippen molar-refractivity contribution in [2.75, 3.05) is 26.7 Å². The third-order valence-corrected chi connectivity index (χ3v) is 3.96. The molecule has 8 heteroatoms. The minimum Gasteiger partial charge on any atom is -0.494 e. The van der Waals surface area contributed by atoms with Gasteiger partial charge in [-0.1, -0.05) is 19.1 Å². The molecule has 1 fully saturated rings. The first-order valence-electron chi connectivity index (χ1n) is 8.52. The highest BCUT2D eigenvalue weighted by Gasteiger charge is 2.44. The van der Waals surface area contributed by atoms with Crippen molar-refractivity contribution in [1.82, 2.24) is 14.7 Å². The molecule has 5 amide bonds. The summed E-state index contributed by atoms with van der Waals surface area (Å²) in [7, 11) is 1.58. The summed E-state index contributed by atoms with van der Waals surface area (Å²) in [5.41, 5.74) is 0.882. The second-order valence-corrected chi connectivity index (χ2v) is 5.96. The number of benzene rings is 1. The van der Waals surface area contributed by atoms with Crippen LogP contribution in [-0.2, 0) is 20.9 Å². The van der Waals surface area contributed by atoms with E-state index >= 15 is 0 Å². The van der Waals surface area contributed by atoms with E-state index in [1.807, 2.05) is 31.2 Å². The highest BCUT2D eigenvalue weighted by Crippen LogP contribution is 2.15. The summed E-state index contributed by atoms with van der Waals surface area (Å²) in [6, 6.07) is 6.57. The van der Waals surface area contributed by atoms with E-state index < -0.39 is 30.3 Å². The summed E-state index contributed by atoms with van der Waals surface area (Å²) in [4.78, 5) is 51.3. The van der Waals surface area contributed by atoms with Gasteiger partial charge in [0.2, 0.25) is 5.91 Å². The Bertz CT molecular complexity index is 701. The molecular formula is C18H23N3O5. The Hall–Kier alpha value is -2.90. The van der Waals surface area contributed by atoms with E-state index in [-0.39, 0.29) is 6.54 Å². The van der Waals surface area contributed by atoms with Crippen LogP contribution in [0.5, 0.6) is 5.75 Å². The first kappa shape index (κ1) is 19.4. The van der Waals surface area contributed by atoms with E-state index in [1.165, 1.54) is 4.90 Å². The SMILES string of the molecule is CCCN1C(=O)C(=O)N(CC(=O)N(C)Cc2ccc(OCC)cc2)C1=O. The lowest BCUT2D eigenvalue weighted by Crippen LogP contribution is -2.42. The molecule has 1 saturated heterocycles. The normalized spacial score (nSPS) is 14.2. The average Bonchev–Trinajstić information content (AvgIpc) is 2.82. The zero-order valence-electron chi connectivity index (χ0n) is 15.2. The molecular weight excluding hydrogens is 338 g/mol. The molecule has 1 aliphatic rings. The molecule has 26 heavy (non-hydrogen) atoms. The van der Waals surface area contributed by atoms with Crippen LogP contribution in [0.3, 0.4) is 0 Å². The van der Waals surface area contributed by atoms with E-state index in [2.05, 4.69) is 0 Å². The molecule has 0 N–H and O–H groups in total. The molecule has 1 aliphatic heterocycles. The highest BCUT2D eigenvalue weighted by atomic mass is 16.5. The minimum atomic E-state index is -0.953. The van der Waals surface area contributed by atoms with Crippen molar-refractivity contribution in [2.45, 2.75) is 26.8 Å². The summed E-state index contributed by atoms with van der Waals surface area (Å²) >= 11 is 0. The summed E-state index contributed by atoms with van der Waals surface area (Å²) in [5.74, 6) is -1.51. The predicted molar refractivity (Wildman–Crippen MR) is 93.2 cm³/mol. The zero-order chi connectivity index (χ0) is 19.3. The Morgan fingerprint density at radius 1 is 1.04 bits per heavy atom. The molecule has 0 aromatic heterocycles. The zero-order valence-corrected chi connectivity index (χ0v) is 15.2. The molecule has 0 saturated carbocycles. The van der Waals surface area contributed by atoms with Crippen LogP contribution in [0.1, 0.15) is 25.8 Å². The molecule has 0 aliphatic carbocycles. The number of ether oxygens (including phenoxy) is 1. The van der Waals surface area contributed by atoms with E-state index in [0.717, 1.165) is 16.2 Å². The third kappa shape index (κ3) is 4.19. The number of nitrogens with zero attached hydrogens (tertiary/aromatic N) is 3. The number of carbonyl (C=O) groups is 4. The Labute approximate surface area is 152 Å². The van der Waals surface area contributed by atoms with Crippen molar-refractivity contribution in [2.24, 2.45) is 0 Å². The Kier molecular flexibility index (Phi) is 6.32. The molecule has 0 radical (unpaired) electrons. The van der Waals surface area contributed by atoms with Gasteiger partial charge in [-0.25, -0.2) is 9.69 Å². The fourth-order valence-corrected chi connectivity index (χ4v) is 2.59. The van der Waals surface area contributed by atoms with Crippen molar-refractivity contribution in [3.05, 3.63) is 29.8 Å². The molecule has 140 valence electrons. The summed E-state index contributed by atoms with van der Waals surface area (Å²) in [6.07, 6.45) is 0.546. The molecule has 2 rings (SSSR count). The van der Waals surface area contributed by atoms with Crippen LogP contribution in [0.15, 0.2) is 24.3 Å². The lowest BCUT2D eigenvalue weighted by molar-refractivity contribution is -0.144. The molecule has 0 unspecified atom stereocenters. The van der Waals surface area contributed by atoms with Gasteiger partial charge in [0, 0.05) is 20.1 Å². The second-order valence-electron chi connectivity index (χ2n) is 5.96. The highest BCUT2D eigenvalue weighted by molar-refractivity contribution is 6.45. The number of amides is 5. The fourth-order valence-electron chi connectivity index (χ4n) is 2.59. The lowest BCUT2D eigenvalue weighted by Gasteiger charge is -2.20. The first-order chi connectivity index (χ1) is 12.4. The molecule has 1 aromatic rings. The molecule has 1 aromatic carbocycles. The van der Waals surface area contributed by atoms with E-state index in [1.54, 1.807) is 14.0 Å². The molecule has 0 bridgehead atoms. The van der Waals surface area contributed by atoms with Crippen molar-refractivity contribution < 1.29 is 23.9 Å². The van der Waals surface area contributed by atoms with E-state index in [0.29, 0.717) is 24.5 Å². The van der Waals surface area contributed by atoms with Crippen LogP contribution in [0, 0.1) is 0 Å². The number of hydrogen-bond donors (Lipinski definition) is 0. The van der Waals surface area contributed by atoms with Gasteiger partial charge in [-0.2, -0.15) is 0 Å². The molecule has 8 nitrogen and oxygen atoms in total. The Balaban J connectivity index is 1.97. The van der Waals surface area contributed by atoms with Crippen LogP contribution in [0.2, 0.25) is 0 Å². The third-order valence-electron chi connectivity index (χ3n) is 3.96. The van der Waals surface area contributed by atoms with Gasteiger partial charge < -0.3 is 9.64 Å². The molecule has 1 heterocycles. The number of carbonyl (C=O) groups excluding carboxylic acids is 4. The van der Waals surface area contributed by atoms with Crippen LogP contribution in [-0.4, -0.2) is 65.2 Å². The predicted octanol–water partition coefficient (Wildman–Crippen LogP) is 1.24. The summed E-state index contributed by atoms with van der Waals surface area (Å²) in [5, 5.41) is 0.